The SMILES string of the molecule is Cc1c(CN2CCSCC2)cccc1NC(=O)C1CC(O)CN1. The van der Waals surface area contributed by atoms with Crippen molar-refractivity contribution in [1.82, 2.24) is 10.2 Å². The number of carbonyl (C=O) groups excluding carboxylic acids is 1. The fourth-order valence-corrected chi connectivity index (χ4v) is 4.11. The third-order valence-electron chi connectivity index (χ3n) is 4.63. The van der Waals surface area contributed by atoms with Crippen LogP contribution in [0.15, 0.2) is 18.2 Å². The summed E-state index contributed by atoms with van der Waals surface area (Å²) < 4.78 is 0. The Morgan fingerprint density at radius 3 is 2.91 bits per heavy atom. The van der Waals surface area contributed by atoms with Crippen LogP contribution >= 0.6 is 11.8 Å². The molecule has 0 saturated carbocycles. The molecule has 0 aromatic heterocycles. The van der Waals surface area contributed by atoms with Crippen LogP contribution in [0.4, 0.5) is 5.69 Å². The van der Waals surface area contributed by atoms with Crippen LogP contribution < -0.4 is 10.6 Å². The number of hydrogen-bond donors (Lipinski definition) is 3. The van der Waals surface area contributed by atoms with E-state index in [1.165, 1.54) is 17.1 Å². The Kier molecular flexibility index (Phi) is 5.58. The molecule has 1 aromatic carbocycles. The second kappa shape index (κ2) is 7.66. The number of amides is 1. The number of nitrogens with one attached hydrogen (secondary N) is 2. The monoisotopic (exact) mass is 335 g/mol. The molecule has 2 fully saturated rings. The second-order valence-electron chi connectivity index (χ2n) is 6.32. The first-order chi connectivity index (χ1) is 11.1. The number of aliphatic hydroxyl groups is 1. The molecule has 3 rings (SSSR count). The molecule has 1 amide bonds. The molecule has 0 radical (unpaired) electrons. The highest BCUT2D eigenvalue weighted by Crippen LogP contribution is 2.22. The minimum Gasteiger partial charge on any atom is -0.392 e. The minimum absolute atomic E-state index is 0.0591. The smallest absolute Gasteiger partial charge is 0.241 e. The van der Waals surface area contributed by atoms with Gasteiger partial charge in [0.25, 0.3) is 0 Å². The van der Waals surface area contributed by atoms with Crippen LogP contribution in [0.5, 0.6) is 0 Å². The molecule has 0 bridgehead atoms. The highest BCUT2D eigenvalue weighted by Gasteiger charge is 2.28. The van der Waals surface area contributed by atoms with Crippen molar-refractivity contribution in [3.63, 3.8) is 0 Å². The molecule has 5 nitrogen and oxygen atoms in total. The Morgan fingerprint density at radius 1 is 1.43 bits per heavy atom. The summed E-state index contributed by atoms with van der Waals surface area (Å²) in [6.07, 6.45) is 0.0610. The Bertz CT molecular complexity index is 561. The van der Waals surface area contributed by atoms with Crippen molar-refractivity contribution in [2.75, 3.05) is 36.5 Å². The van der Waals surface area contributed by atoms with Gasteiger partial charge in [0.2, 0.25) is 5.91 Å². The number of benzene rings is 1. The number of β-amino-alcohol motifs (C(OH)–C–C–N with tert-alkyl or cyclic N) is 1. The van der Waals surface area contributed by atoms with Gasteiger partial charge in [-0.1, -0.05) is 12.1 Å². The Morgan fingerprint density at radius 2 is 2.22 bits per heavy atom. The lowest BCUT2D eigenvalue weighted by Gasteiger charge is -2.27. The minimum atomic E-state index is -0.421. The molecule has 23 heavy (non-hydrogen) atoms. The number of hydrogen-bond acceptors (Lipinski definition) is 5. The molecule has 2 unspecified atom stereocenters. The van der Waals surface area contributed by atoms with Crippen molar-refractivity contribution in [2.45, 2.75) is 32.0 Å². The van der Waals surface area contributed by atoms with Gasteiger partial charge in [-0.25, -0.2) is 0 Å². The molecule has 6 heteroatoms. The molecule has 0 aliphatic carbocycles. The second-order valence-corrected chi connectivity index (χ2v) is 7.54. The van der Waals surface area contributed by atoms with Crippen LogP contribution in [0.3, 0.4) is 0 Å². The average molecular weight is 335 g/mol. The van der Waals surface area contributed by atoms with E-state index in [2.05, 4.69) is 28.5 Å². The maximum absolute atomic E-state index is 12.3. The van der Waals surface area contributed by atoms with Gasteiger partial charge in [-0.3, -0.25) is 9.69 Å². The van der Waals surface area contributed by atoms with Crippen molar-refractivity contribution in [1.29, 1.82) is 0 Å². The van der Waals surface area contributed by atoms with E-state index in [0.717, 1.165) is 30.9 Å². The summed E-state index contributed by atoms with van der Waals surface area (Å²) in [5.41, 5.74) is 3.29. The van der Waals surface area contributed by atoms with Crippen molar-refractivity contribution >= 4 is 23.4 Å². The molecule has 2 aliphatic heterocycles. The molecular formula is C17H25N3O2S. The van der Waals surface area contributed by atoms with Crippen LogP contribution in [0.25, 0.3) is 0 Å². The fraction of sp³-hybridized carbons (Fsp3) is 0.588. The number of rotatable bonds is 4. The number of aliphatic hydroxyl groups excluding tert-OH is 1. The van der Waals surface area contributed by atoms with Crippen molar-refractivity contribution in [3.05, 3.63) is 29.3 Å². The molecule has 2 heterocycles. The number of nitrogens with zero attached hydrogens (tertiary/aromatic N) is 1. The normalized spacial score (nSPS) is 25.5. The summed E-state index contributed by atoms with van der Waals surface area (Å²) in [6.45, 7) is 5.76. The number of anilines is 1. The van der Waals surface area contributed by atoms with Crippen LogP contribution in [-0.4, -0.2) is 59.2 Å². The summed E-state index contributed by atoms with van der Waals surface area (Å²) >= 11 is 2.01. The van der Waals surface area contributed by atoms with Crippen LogP contribution in [0.1, 0.15) is 17.5 Å². The van der Waals surface area contributed by atoms with Gasteiger partial charge in [0.15, 0.2) is 0 Å². The van der Waals surface area contributed by atoms with Gasteiger partial charge in [0, 0.05) is 43.4 Å². The van der Waals surface area contributed by atoms with Gasteiger partial charge in [-0.05, 0) is 30.5 Å². The zero-order valence-corrected chi connectivity index (χ0v) is 14.4. The maximum Gasteiger partial charge on any atom is 0.241 e. The lowest BCUT2D eigenvalue weighted by Crippen LogP contribution is -2.35. The van der Waals surface area contributed by atoms with Crippen molar-refractivity contribution in [2.24, 2.45) is 0 Å². The van der Waals surface area contributed by atoms with Gasteiger partial charge in [-0.15, -0.1) is 0 Å². The summed E-state index contributed by atoms with van der Waals surface area (Å²) in [5.74, 6) is 2.34. The standard InChI is InChI=1S/C17H25N3O2S/c1-12-13(11-20-5-7-23-8-6-20)3-2-4-15(12)19-17(22)16-9-14(21)10-18-16/h2-4,14,16,18,21H,5-11H2,1H3,(H,19,22). The molecule has 1 aromatic rings. The summed E-state index contributed by atoms with van der Waals surface area (Å²) in [6, 6.07) is 5.80. The van der Waals surface area contributed by atoms with Crippen LogP contribution in [0, 0.1) is 6.92 Å². The fourth-order valence-electron chi connectivity index (χ4n) is 3.13. The first-order valence-electron chi connectivity index (χ1n) is 8.24. The van der Waals surface area contributed by atoms with Crippen molar-refractivity contribution < 1.29 is 9.90 Å². The quantitative estimate of drug-likeness (QED) is 0.772. The van der Waals surface area contributed by atoms with Crippen LogP contribution in [0.2, 0.25) is 0 Å². The first kappa shape index (κ1) is 16.8. The van der Waals surface area contributed by atoms with E-state index < -0.39 is 6.10 Å². The maximum atomic E-state index is 12.3. The first-order valence-corrected chi connectivity index (χ1v) is 9.40. The highest BCUT2D eigenvalue weighted by molar-refractivity contribution is 7.99. The lowest BCUT2D eigenvalue weighted by atomic mass is 10.1. The van der Waals surface area contributed by atoms with Gasteiger partial charge >= 0.3 is 0 Å². The van der Waals surface area contributed by atoms with Gasteiger partial charge in [0.05, 0.1) is 12.1 Å². The molecule has 3 N–H and O–H groups in total. The Balaban J connectivity index is 1.65. The van der Waals surface area contributed by atoms with Crippen molar-refractivity contribution in [3.8, 4) is 0 Å². The van der Waals surface area contributed by atoms with E-state index in [-0.39, 0.29) is 11.9 Å². The molecule has 126 valence electrons. The zero-order chi connectivity index (χ0) is 16.2. The molecule has 2 aliphatic rings. The third-order valence-corrected chi connectivity index (χ3v) is 5.57. The topological polar surface area (TPSA) is 64.6 Å². The van der Waals surface area contributed by atoms with Gasteiger partial charge in [0.1, 0.15) is 0 Å². The summed E-state index contributed by atoms with van der Waals surface area (Å²) in [7, 11) is 0. The molecule has 2 saturated heterocycles. The predicted molar refractivity (Wildman–Crippen MR) is 94.8 cm³/mol. The Hall–Kier alpha value is -1.08. The lowest BCUT2D eigenvalue weighted by molar-refractivity contribution is -0.117. The molecule has 2 atom stereocenters. The zero-order valence-electron chi connectivity index (χ0n) is 13.5. The summed E-state index contributed by atoms with van der Waals surface area (Å²) in [5, 5.41) is 15.6. The molecular weight excluding hydrogens is 310 g/mol. The highest BCUT2D eigenvalue weighted by atomic mass is 32.2. The van der Waals surface area contributed by atoms with E-state index in [0.29, 0.717) is 13.0 Å². The Labute approximate surface area is 141 Å². The largest absolute Gasteiger partial charge is 0.392 e. The van der Waals surface area contributed by atoms with E-state index in [4.69, 9.17) is 0 Å². The van der Waals surface area contributed by atoms with Crippen LogP contribution in [-0.2, 0) is 11.3 Å². The van der Waals surface area contributed by atoms with Gasteiger partial charge in [-0.2, -0.15) is 11.8 Å². The summed E-state index contributed by atoms with van der Waals surface area (Å²) in [4.78, 5) is 14.8. The van der Waals surface area contributed by atoms with E-state index in [1.807, 2.05) is 23.9 Å². The average Bonchev–Trinajstić information content (AvgIpc) is 2.99. The van der Waals surface area contributed by atoms with Gasteiger partial charge < -0.3 is 15.7 Å². The molecule has 0 spiro atoms. The van der Waals surface area contributed by atoms with E-state index in [1.54, 1.807) is 0 Å². The third kappa shape index (κ3) is 4.26. The van der Waals surface area contributed by atoms with E-state index >= 15 is 0 Å². The number of carbonyl (C=O) groups is 1. The predicted octanol–water partition coefficient (Wildman–Crippen LogP) is 1.21. The number of thioether (sulfide) groups is 1. The van der Waals surface area contributed by atoms with E-state index in [9.17, 15) is 9.90 Å².